The third kappa shape index (κ3) is 3.96. The summed E-state index contributed by atoms with van der Waals surface area (Å²) in [6.07, 6.45) is 7.54. The van der Waals surface area contributed by atoms with Gasteiger partial charge in [-0.2, -0.15) is 0 Å². The van der Waals surface area contributed by atoms with Crippen LogP contribution in [0, 0.1) is 11.8 Å². The van der Waals surface area contributed by atoms with Crippen molar-refractivity contribution in [2.24, 2.45) is 11.8 Å². The summed E-state index contributed by atoms with van der Waals surface area (Å²) in [5.74, 6) is 0.756. The van der Waals surface area contributed by atoms with Gasteiger partial charge >= 0.3 is 5.97 Å². The predicted octanol–water partition coefficient (Wildman–Crippen LogP) is 2.44. The van der Waals surface area contributed by atoms with Crippen molar-refractivity contribution in [3.05, 3.63) is 0 Å². The van der Waals surface area contributed by atoms with E-state index < -0.39 is 0 Å². The predicted molar refractivity (Wildman–Crippen MR) is 79.6 cm³/mol. The molecule has 0 bridgehead atoms. The average Bonchev–Trinajstić information content (AvgIpc) is 2.88. The largest absolute Gasteiger partial charge is 0.469 e. The minimum atomic E-state index is -0.104. The van der Waals surface area contributed by atoms with Crippen molar-refractivity contribution in [2.75, 3.05) is 21.0 Å². The van der Waals surface area contributed by atoms with Crippen LogP contribution in [0.1, 0.15) is 51.9 Å². The van der Waals surface area contributed by atoms with E-state index in [1.807, 2.05) is 0 Å². The number of ether oxygens (including phenoxy) is 3. The molecule has 0 amide bonds. The summed E-state index contributed by atoms with van der Waals surface area (Å²) in [5.41, 5.74) is 0.129. The molecule has 2 fully saturated rings. The van der Waals surface area contributed by atoms with Crippen molar-refractivity contribution in [2.45, 2.75) is 63.6 Å². The highest BCUT2D eigenvalue weighted by atomic mass is 16.7. The average molecular weight is 299 g/mol. The molecule has 1 aliphatic carbocycles. The van der Waals surface area contributed by atoms with E-state index in [-0.39, 0.29) is 17.7 Å². The lowest BCUT2D eigenvalue weighted by molar-refractivity contribution is -0.142. The second kappa shape index (κ2) is 7.56. The molecule has 0 radical (unpaired) electrons. The lowest BCUT2D eigenvalue weighted by Gasteiger charge is -2.45. The van der Waals surface area contributed by atoms with Crippen molar-refractivity contribution in [3.63, 3.8) is 0 Å². The maximum atomic E-state index is 11.6. The van der Waals surface area contributed by atoms with Crippen LogP contribution in [0.25, 0.3) is 0 Å². The fourth-order valence-corrected chi connectivity index (χ4v) is 4.25. The Balaban J connectivity index is 1.99. The van der Waals surface area contributed by atoms with Crippen LogP contribution in [0.3, 0.4) is 0 Å². The minimum Gasteiger partial charge on any atom is -0.469 e. The number of rotatable bonds is 6. The van der Waals surface area contributed by atoms with Crippen LogP contribution in [0.5, 0.6) is 0 Å². The topological polar surface area (TPSA) is 56.8 Å². The monoisotopic (exact) mass is 299 g/mol. The number of carbonyl (C=O) groups is 1. The van der Waals surface area contributed by atoms with Crippen LogP contribution in [0.15, 0.2) is 0 Å². The van der Waals surface area contributed by atoms with E-state index in [0.717, 1.165) is 6.42 Å². The number of hydrogen-bond donors (Lipinski definition) is 1. The van der Waals surface area contributed by atoms with Crippen LogP contribution >= 0.6 is 0 Å². The summed E-state index contributed by atoms with van der Waals surface area (Å²) < 4.78 is 15.6. The van der Waals surface area contributed by atoms with Crippen molar-refractivity contribution in [1.82, 2.24) is 5.32 Å². The molecule has 4 atom stereocenters. The number of piperidine rings is 1. The van der Waals surface area contributed by atoms with Crippen LogP contribution in [0.4, 0.5) is 0 Å². The van der Waals surface area contributed by atoms with Gasteiger partial charge in [-0.1, -0.05) is 13.3 Å². The second-order valence-corrected chi connectivity index (χ2v) is 6.51. The Morgan fingerprint density at radius 2 is 2.00 bits per heavy atom. The number of nitrogens with one attached hydrogen (secondary N) is 1. The zero-order valence-corrected chi connectivity index (χ0v) is 13.5. The summed E-state index contributed by atoms with van der Waals surface area (Å²) in [7, 11) is 3.11. The third-order valence-corrected chi connectivity index (χ3v) is 5.18. The molecule has 1 heterocycles. The Morgan fingerprint density at radius 3 is 2.67 bits per heavy atom. The molecule has 0 aromatic carbocycles. The highest BCUT2D eigenvalue weighted by Gasteiger charge is 2.47. The third-order valence-electron chi connectivity index (χ3n) is 5.18. The SMILES string of the molecule is COCO[C@H]1CCC[C@]2(CCC[C@@H]2[C@H](C)CC(=O)OC)N1. The fourth-order valence-electron chi connectivity index (χ4n) is 4.25. The van der Waals surface area contributed by atoms with E-state index in [1.165, 1.54) is 39.2 Å². The van der Waals surface area contributed by atoms with Gasteiger partial charge in [0, 0.05) is 19.1 Å². The molecule has 122 valence electrons. The Hall–Kier alpha value is -0.650. The van der Waals surface area contributed by atoms with Gasteiger partial charge < -0.3 is 14.2 Å². The fraction of sp³-hybridized carbons (Fsp3) is 0.938. The highest BCUT2D eigenvalue weighted by molar-refractivity contribution is 5.69. The zero-order chi connectivity index (χ0) is 15.3. The lowest BCUT2D eigenvalue weighted by atomic mass is 9.73. The van der Waals surface area contributed by atoms with Crippen molar-refractivity contribution in [1.29, 1.82) is 0 Å². The number of methoxy groups -OCH3 is 2. The van der Waals surface area contributed by atoms with Gasteiger partial charge in [0.05, 0.1) is 7.11 Å². The van der Waals surface area contributed by atoms with Gasteiger partial charge in [0.1, 0.15) is 13.0 Å². The Bertz CT molecular complexity index is 349. The maximum absolute atomic E-state index is 11.6. The number of hydrogen-bond acceptors (Lipinski definition) is 5. The molecule has 5 heteroatoms. The first-order valence-electron chi connectivity index (χ1n) is 8.06. The van der Waals surface area contributed by atoms with Gasteiger partial charge in [-0.25, -0.2) is 0 Å². The molecule has 1 spiro atoms. The molecule has 2 aliphatic rings. The van der Waals surface area contributed by atoms with Crippen molar-refractivity contribution in [3.8, 4) is 0 Å². The standard InChI is InChI=1S/C16H29NO4/c1-12(10-15(18)20-3)13-6-4-8-16(13)9-5-7-14(17-16)21-11-19-2/h12-14,17H,4-11H2,1-3H3/t12-,13-,14+,16+/m1/s1. The molecular formula is C16H29NO4. The molecule has 0 aromatic heterocycles. The molecule has 2 rings (SSSR count). The smallest absolute Gasteiger partial charge is 0.305 e. The Labute approximate surface area is 127 Å². The molecule has 5 nitrogen and oxygen atoms in total. The summed E-state index contributed by atoms with van der Waals surface area (Å²) in [5, 5.41) is 3.73. The summed E-state index contributed by atoms with van der Waals surface area (Å²) in [6, 6.07) is 0. The maximum Gasteiger partial charge on any atom is 0.305 e. The van der Waals surface area contributed by atoms with E-state index in [9.17, 15) is 4.79 Å². The van der Waals surface area contributed by atoms with Crippen molar-refractivity contribution < 1.29 is 19.0 Å². The number of esters is 1. The van der Waals surface area contributed by atoms with E-state index in [1.54, 1.807) is 7.11 Å². The second-order valence-electron chi connectivity index (χ2n) is 6.51. The van der Waals surface area contributed by atoms with Crippen LogP contribution < -0.4 is 5.32 Å². The summed E-state index contributed by atoms with van der Waals surface area (Å²) in [6.45, 7) is 2.51. The molecule has 0 aromatic rings. The van der Waals surface area contributed by atoms with Crippen LogP contribution in [-0.4, -0.2) is 38.7 Å². The Kier molecular flexibility index (Phi) is 6.02. The zero-order valence-electron chi connectivity index (χ0n) is 13.5. The molecule has 1 saturated carbocycles. The highest BCUT2D eigenvalue weighted by Crippen LogP contribution is 2.46. The van der Waals surface area contributed by atoms with Gasteiger partial charge in [-0.15, -0.1) is 0 Å². The summed E-state index contributed by atoms with van der Waals surface area (Å²) >= 11 is 0. The molecule has 1 N–H and O–H groups in total. The van der Waals surface area contributed by atoms with E-state index >= 15 is 0 Å². The molecule has 1 saturated heterocycles. The van der Waals surface area contributed by atoms with E-state index in [0.29, 0.717) is 25.0 Å². The van der Waals surface area contributed by atoms with Gasteiger partial charge in [0.25, 0.3) is 0 Å². The first-order valence-corrected chi connectivity index (χ1v) is 8.06. The minimum absolute atomic E-state index is 0.0737. The van der Waals surface area contributed by atoms with Crippen molar-refractivity contribution >= 4 is 5.97 Å². The van der Waals surface area contributed by atoms with Gasteiger partial charge in [0.2, 0.25) is 0 Å². The van der Waals surface area contributed by atoms with Gasteiger partial charge in [-0.05, 0) is 43.9 Å². The van der Waals surface area contributed by atoms with Gasteiger partial charge in [-0.3, -0.25) is 10.1 Å². The molecule has 0 unspecified atom stereocenters. The van der Waals surface area contributed by atoms with E-state index in [4.69, 9.17) is 14.2 Å². The molecule has 21 heavy (non-hydrogen) atoms. The Morgan fingerprint density at radius 1 is 1.29 bits per heavy atom. The molecule has 1 aliphatic heterocycles. The lowest BCUT2D eigenvalue weighted by Crippen LogP contribution is -2.57. The number of carbonyl (C=O) groups excluding carboxylic acids is 1. The van der Waals surface area contributed by atoms with E-state index in [2.05, 4.69) is 12.2 Å². The summed E-state index contributed by atoms with van der Waals surface area (Å²) in [4.78, 5) is 11.6. The first kappa shape index (κ1) is 16.7. The normalized spacial score (nSPS) is 34.0. The van der Waals surface area contributed by atoms with Gasteiger partial charge in [0.15, 0.2) is 0 Å². The first-order chi connectivity index (χ1) is 10.1. The van der Waals surface area contributed by atoms with Crippen LogP contribution in [-0.2, 0) is 19.0 Å². The van der Waals surface area contributed by atoms with Crippen LogP contribution in [0.2, 0.25) is 0 Å². The molecular weight excluding hydrogens is 270 g/mol. The quantitative estimate of drug-likeness (QED) is 0.603.